The molecule has 6 heteroatoms. The smallest absolute Gasteiger partial charge is 0.329 e. The molecule has 1 saturated heterocycles. The SMILES string of the molecule is C=CCC[C@@H](C[C@@H]1OC(=O)[C@H]1CCCCCC)OC(=O)[C@H](Cc1ccccc1)NC=O. The molecule has 1 aliphatic rings. The number of benzene rings is 1. The van der Waals surface area contributed by atoms with Gasteiger partial charge >= 0.3 is 11.9 Å². The predicted molar refractivity (Wildman–Crippen MR) is 119 cm³/mol. The highest BCUT2D eigenvalue weighted by atomic mass is 16.6. The minimum Gasteiger partial charge on any atom is -0.461 e. The van der Waals surface area contributed by atoms with Crippen molar-refractivity contribution in [2.45, 2.75) is 83.0 Å². The monoisotopic (exact) mass is 429 g/mol. The third kappa shape index (κ3) is 8.19. The van der Waals surface area contributed by atoms with Crippen molar-refractivity contribution in [2.24, 2.45) is 5.92 Å². The van der Waals surface area contributed by atoms with Crippen LogP contribution < -0.4 is 5.32 Å². The number of hydrogen-bond acceptors (Lipinski definition) is 5. The first-order valence-corrected chi connectivity index (χ1v) is 11.3. The molecule has 1 amide bonds. The third-order valence-corrected chi connectivity index (χ3v) is 5.69. The summed E-state index contributed by atoms with van der Waals surface area (Å²) >= 11 is 0. The van der Waals surface area contributed by atoms with E-state index < -0.39 is 18.1 Å². The van der Waals surface area contributed by atoms with Gasteiger partial charge in [-0.3, -0.25) is 9.59 Å². The lowest BCUT2D eigenvalue weighted by atomic mass is 9.86. The van der Waals surface area contributed by atoms with Gasteiger partial charge in [-0.2, -0.15) is 0 Å². The Morgan fingerprint density at radius 1 is 1.26 bits per heavy atom. The Labute approximate surface area is 185 Å². The summed E-state index contributed by atoms with van der Waals surface area (Å²) in [5.41, 5.74) is 0.932. The third-order valence-electron chi connectivity index (χ3n) is 5.69. The van der Waals surface area contributed by atoms with Crippen LogP contribution in [0.4, 0.5) is 0 Å². The number of esters is 2. The molecule has 1 N–H and O–H groups in total. The first-order valence-electron chi connectivity index (χ1n) is 11.3. The highest BCUT2D eigenvalue weighted by Gasteiger charge is 2.43. The van der Waals surface area contributed by atoms with Gasteiger partial charge < -0.3 is 14.8 Å². The number of nitrogens with one attached hydrogen (secondary N) is 1. The molecule has 1 aromatic rings. The molecule has 170 valence electrons. The second kappa shape index (κ2) is 13.6. The minimum atomic E-state index is -0.764. The fourth-order valence-electron chi connectivity index (χ4n) is 3.88. The number of amides is 1. The fraction of sp³-hybridized carbons (Fsp3) is 0.560. The number of allylic oxidation sites excluding steroid dienone is 1. The van der Waals surface area contributed by atoms with Gasteiger partial charge in [0.2, 0.25) is 6.41 Å². The van der Waals surface area contributed by atoms with Gasteiger partial charge in [0, 0.05) is 12.8 Å². The van der Waals surface area contributed by atoms with Crippen LogP contribution >= 0.6 is 0 Å². The zero-order valence-electron chi connectivity index (χ0n) is 18.5. The molecule has 0 aromatic heterocycles. The average Bonchev–Trinajstić information content (AvgIpc) is 2.77. The van der Waals surface area contributed by atoms with E-state index in [9.17, 15) is 14.4 Å². The van der Waals surface area contributed by atoms with E-state index >= 15 is 0 Å². The summed E-state index contributed by atoms with van der Waals surface area (Å²) in [6, 6.07) is 8.71. The number of carbonyl (C=O) groups is 3. The van der Waals surface area contributed by atoms with E-state index in [-0.39, 0.29) is 18.0 Å². The Morgan fingerprint density at radius 3 is 2.68 bits per heavy atom. The topological polar surface area (TPSA) is 81.7 Å². The number of unbranched alkanes of at least 4 members (excludes halogenated alkanes) is 3. The molecule has 6 nitrogen and oxygen atoms in total. The van der Waals surface area contributed by atoms with Crippen LogP contribution in [0.15, 0.2) is 43.0 Å². The van der Waals surface area contributed by atoms with Gasteiger partial charge in [0.25, 0.3) is 0 Å². The highest BCUT2D eigenvalue weighted by Crippen LogP contribution is 2.32. The van der Waals surface area contributed by atoms with Crippen LogP contribution in [0.25, 0.3) is 0 Å². The van der Waals surface area contributed by atoms with Crippen molar-refractivity contribution in [1.29, 1.82) is 0 Å². The van der Waals surface area contributed by atoms with E-state index in [0.717, 1.165) is 31.2 Å². The van der Waals surface area contributed by atoms with E-state index in [1.807, 2.05) is 30.3 Å². The summed E-state index contributed by atoms with van der Waals surface area (Å²) in [5.74, 6) is -0.745. The Balaban J connectivity index is 1.95. The van der Waals surface area contributed by atoms with Crippen molar-refractivity contribution >= 4 is 18.3 Å². The van der Waals surface area contributed by atoms with Crippen LogP contribution in [0.5, 0.6) is 0 Å². The summed E-state index contributed by atoms with van der Waals surface area (Å²) in [7, 11) is 0. The molecule has 1 aliphatic heterocycles. The van der Waals surface area contributed by atoms with Gasteiger partial charge in [0.15, 0.2) is 0 Å². The maximum atomic E-state index is 12.8. The van der Waals surface area contributed by atoms with Crippen molar-refractivity contribution in [3.63, 3.8) is 0 Å². The molecule has 1 heterocycles. The molecule has 1 fully saturated rings. The largest absolute Gasteiger partial charge is 0.461 e. The summed E-state index contributed by atoms with van der Waals surface area (Å²) in [5, 5.41) is 2.57. The molecule has 4 atom stereocenters. The van der Waals surface area contributed by atoms with Crippen LogP contribution in [0.3, 0.4) is 0 Å². The molecule has 31 heavy (non-hydrogen) atoms. The molecule has 0 saturated carbocycles. The van der Waals surface area contributed by atoms with Gasteiger partial charge in [-0.1, -0.05) is 69.0 Å². The second-order valence-corrected chi connectivity index (χ2v) is 8.12. The molecular weight excluding hydrogens is 394 g/mol. The first kappa shape index (κ1) is 24.6. The highest BCUT2D eigenvalue weighted by molar-refractivity contribution is 5.79. The molecule has 0 spiro atoms. The zero-order chi connectivity index (χ0) is 22.5. The predicted octanol–water partition coefficient (Wildman–Crippen LogP) is 4.12. The lowest BCUT2D eigenvalue weighted by Crippen LogP contribution is -2.48. The van der Waals surface area contributed by atoms with Gasteiger partial charge in [-0.15, -0.1) is 6.58 Å². The van der Waals surface area contributed by atoms with Gasteiger partial charge in [0.05, 0.1) is 5.92 Å². The van der Waals surface area contributed by atoms with Gasteiger partial charge in [0.1, 0.15) is 18.2 Å². The van der Waals surface area contributed by atoms with E-state index in [1.54, 1.807) is 6.08 Å². The summed E-state index contributed by atoms with van der Waals surface area (Å²) in [4.78, 5) is 35.8. The quantitative estimate of drug-likeness (QED) is 0.185. The van der Waals surface area contributed by atoms with Crippen LogP contribution in [-0.4, -0.2) is 36.6 Å². The Kier molecular flexibility index (Phi) is 10.8. The van der Waals surface area contributed by atoms with E-state index in [4.69, 9.17) is 9.47 Å². The minimum absolute atomic E-state index is 0.116. The van der Waals surface area contributed by atoms with Crippen molar-refractivity contribution in [3.8, 4) is 0 Å². The molecule has 1 aromatic carbocycles. The number of rotatable bonds is 16. The van der Waals surface area contributed by atoms with Crippen molar-refractivity contribution in [1.82, 2.24) is 5.32 Å². The van der Waals surface area contributed by atoms with E-state index in [0.29, 0.717) is 32.1 Å². The van der Waals surface area contributed by atoms with Crippen molar-refractivity contribution in [2.75, 3.05) is 0 Å². The van der Waals surface area contributed by atoms with E-state index in [2.05, 4.69) is 18.8 Å². The number of ether oxygens (including phenoxy) is 2. The first-order chi connectivity index (χ1) is 15.1. The number of hydrogen-bond donors (Lipinski definition) is 1. The summed E-state index contributed by atoms with van der Waals surface area (Å²) in [6.45, 7) is 5.90. The Hall–Kier alpha value is -2.63. The van der Waals surface area contributed by atoms with Crippen LogP contribution in [0.2, 0.25) is 0 Å². The summed E-state index contributed by atoms with van der Waals surface area (Å²) in [6.07, 6.45) is 9.05. The molecular formula is C25H35NO5. The summed E-state index contributed by atoms with van der Waals surface area (Å²) < 4.78 is 11.1. The van der Waals surface area contributed by atoms with Gasteiger partial charge in [-0.25, -0.2) is 4.79 Å². The van der Waals surface area contributed by atoms with E-state index in [1.165, 1.54) is 6.42 Å². The van der Waals surface area contributed by atoms with Crippen molar-refractivity contribution in [3.05, 3.63) is 48.6 Å². The second-order valence-electron chi connectivity index (χ2n) is 8.12. The standard InChI is InChI=1S/C25H35NO5/c1-3-5-7-11-15-21-23(31-24(21)28)17-20(14-6-4-2)30-25(29)22(26-18-27)16-19-12-9-8-10-13-19/h4,8-10,12-13,18,20-23H,2-3,5-7,11,14-17H2,1H3,(H,26,27)/t20-,21-,22-,23-/m0/s1. The number of cyclic esters (lactones) is 1. The number of carbonyl (C=O) groups excluding carboxylic acids is 3. The maximum absolute atomic E-state index is 12.8. The molecule has 0 aliphatic carbocycles. The maximum Gasteiger partial charge on any atom is 0.329 e. The molecule has 0 radical (unpaired) electrons. The normalized spacial score (nSPS) is 19.5. The van der Waals surface area contributed by atoms with Crippen LogP contribution in [-0.2, 0) is 30.3 Å². The molecule has 0 bridgehead atoms. The molecule has 0 unspecified atom stereocenters. The zero-order valence-corrected chi connectivity index (χ0v) is 18.5. The average molecular weight is 430 g/mol. The molecule has 2 rings (SSSR count). The van der Waals surface area contributed by atoms with Crippen LogP contribution in [0, 0.1) is 5.92 Å². The lowest BCUT2D eigenvalue weighted by molar-refractivity contribution is -0.190. The van der Waals surface area contributed by atoms with Gasteiger partial charge in [-0.05, 0) is 24.8 Å². The fourth-order valence-corrected chi connectivity index (χ4v) is 3.88. The van der Waals surface area contributed by atoms with Crippen LogP contribution in [0.1, 0.15) is 63.9 Å². The Morgan fingerprint density at radius 2 is 2.03 bits per heavy atom. The lowest BCUT2D eigenvalue weighted by Gasteiger charge is -2.37. The Bertz CT molecular complexity index is 705. The van der Waals surface area contributed by atoms with Crippen molar-refractivity contribution < 1.29 is 23.9 Å².